The zero-order valence-corrected chi connectivity index (χ0v) is 14.1. The highest BCUT2D eigenvalue weighted by Gasteiger charge is 2.13. The molecule has 0 aliphatic carbocycles. The van der Waals surface area contributed by atoms with Gasteiger partial charge in [0.1, 0.15) is 0 Å². The lowest BCUT2D eigenvalue weighted by Crippen LogP contribution is -2.26. The van der Waals surface area contributed by atoms with Crippen LogP contribution in [0, 0.1) is 0 Å². The predicted molar refractivity (Wildman–Crippen MR) is 87.4 cm³/mol. The summed E-state index contributed by atoms with van der Waals surface area (Å²) in [6.07, 6.45) is 2.11. The normalized spacial score (nSPS) is 12.6. The Bertz CT molecular complexity index is 348. The molecule has 4 heteroatoms. The van der Waals surface area contributed by atoms with Gasteiger partial charge in [-0.2, -0.15) is 0 Å². The van der Waals surface area contributed by atoms with Crippen molar-refractivity contribution in [2.24, 2.45) is 0 Å². The lowest BCUT2D eigenvalue weighted by atomic mass is 9.96. The van der Waals surface area contributed by atoms with Crippen LogP contribution in [0.15, 0.2) is 28.7 Å². The second-order valence-electron chi connectivity index (χ2n) is 4.82. The molecule has 1 aromatic rings. The van der Waals surface area contributed by atoms with E-state index in [1.54, 1.807) is 7.11 Å². The Kier molecular flexibility index (Phi) is 9.93. The molecule has 1 atom stereocenters. The van der Waals surface area contributed by atoms with Crippen LogP contribution < -0.4 is 5.32 Å². The van der Waals surface area contributed by atoms with Crippen molar-refractivity contribution in [1.29, 1.82) is 0 Å². The van der Waals surface area contributed by atoms with E-state index in [-0.39, 0.29) is 0 Å². The van der Waals surface area contributed by atoms with Crippen LogP contribution in [-0.4, -0.2) is 40.0 Å². The molecule has 3 nitrogen and oxygen atoms in total. The first kappa shape index (κ1) is 17.6. The van der Waals surface area contributed by atoms with Crippen molar-refractivity contribution in [2.75, 3.05) is 40.0 Å². The molecule has 114 valence electrons. The van der Waals surface area contributed by atoms with E-state index in [1.807, 2.05) is 0 Å². The summed E-state index contributed by atoms with van der Waals surface area (Å²) in [5.74, 6) is 0.458. The maximum absolute atomic E-state index is 5.63. The van der Waals surface area contributed by atoms with Crippen LogP contribution in [0.5, 0.6) is 0 Å². The highest BCUT2D eigenvalue weighted by Crippen LogP contribution is 2.27. The van der Waals surface area contributed by atoms with Crippen LogP contribution >= 0.6 is 15.9 Å². The van der Waals surface area contributed by atoms with Gasteiger partial charge in [0.15, 0.2) is 0 Å². The lowest BCUT2D eigenvalue weighted by Gasteiger charge is -2.19. The molecule has 1 aromatic carbocycles. The van der Waals surface area contributed by atoms with E-state index in [1.165, 1.54) is 10.0 Å². The summed E-state index contributed by atoms with van der Waals surface area (Å²) >= 11 is 3.65. The second-order valence-corrected chi connectivity index (χ2v) is 5.67. The number of hydrogen-bond acceptors (Lipinski definition) is 3. The fourth-order valence-electron chi connectivity index (χ4n) is 2.10. The number of halogens is 1. The zero-order chi connectivity index (χ0) is 14.6. The van der Waals surface area contributed by atoms with Crippen LogP contribution in [0.4, 0.5) is 0 Å². The average molecular weight is 344 g/mol. The Labute approximate surface area is 131 Å². The van der Waals surface area contributed by atoms with Gasteiger partial charge in [0.25, 0.3) is 0 Å². The van der Waals surface area contributed by atoms with Gasteiger partial charge in [0.2, 0.25) is 0 Å². The molecule has 0 heterocycles. The molecule has 0 amide bonds. The van der Waals surface area contributed by atoms with E-state index in [4.69, 9.17) is 9.47 Å². The standard InChI is InChI=1S/C16H26BrNO2/c1-3-10-20-11-8-14(13-18-9-12-19-2)15-6-4-5-7-16(15)17/h4-7,14,18H,3,8-13H2,1-2H3. The summed E-state index contributed by atoms with van der Waals surface area (Å²) in [5.41, 5.74) is 1.34. The van der Waals surface area contributed by atoms with Crippen molar-refractivity contribution in [3.63, 3.8) is 0 Å². The van der Waals surface area contributed by atoms with Gasteiger partial charge in [-0.3, -0.25) is 0 Å². The van der Waals surface area contributed by atoms with Gasteiger partial charge >= 0.3 is 0 Å². The largest absolute Gasteiger partial charge is 0.383 e. The van der Waals surface area contributed by atoms with E-state index < -0.39 is 0 Å². The number of methoxy groups -OCH3 is 1. The first-order chi connectivity index (χ1) is 9.79. The van der Waals surface area contributed by atoms with Crippen LogP contribution in [0.1, 0.15) is 31.2 Å². The quantitative estimate of drug-likeness (QED) is 0.623. The Hall–Kier alpha value is -0.420. The Morgan fingerprint density at radius 1 is 1.20 bits per heavy atom. The van der Waals surface area contributed by atoms with E-state index >= 15 is 0 Å². The van der Waals surface area contributed by atoms with Gasteiger partial charge in [0, 0.05) is 37.9 Å². The fourth-order valence-corrected chi connectivity index (χ4v) is 2.70. The SMILES string of the molecule is CCCOCCC(CNCCOC)c1ccccc1Br. The summed E-state index contributed by atoms with van der Waals surface area (Å²) < 4.78 is 11.9. The van der Waals surface area contributed by atoms with Crippen molar-refractivity contribution >= 4 is 15.9 Å². The van der Waals surface area contributed by atoms with Gasteiger partial charge in [0.05, 0.1) is 6.61 Å². The van der Waals surface area contributed by atoms with E-state index in [2.05, 4.69) is 52.4 Å². The van der Waals surface area contributed by atoms with Crippen LogP contribution in [0.25, 0.3) is 0 Å². The number of benzene rings is 1. The maximum atomic E-state index is 5.63. The molecule has 0 saturated carbocycles. The van der Waals surface area contributed by atoms with Gasteiger partial charge < -0.3 is 14.8 Å². The molecule has 1 unspecified atom stereocenters. The number of rotatable bonds is 11. The molecule has 1 rings (SSSR count). The Morgan fingerprint density at radius 2 is 2.00 bits per heavy atom. The molecule has 0 aliphatic rings. The molecule has 0 bridgehead atoms. The highest BCUT2D eigenvalue weighted by atomic mass is 79.9. The molecule has 0 fully saturated rings. The van der Waals surface area contributed by atoms with Crippen molar-refractivity contribution in [2.45, 2.75) is 25.7 Å². The molecule has 0 radical (unpaired) electrons. The smallest absolute Gasteiger partial charge is 0.0587 e. The molecule has 20 heavy (non-hydrogen) atoms. The minimum Gasteiger partial charge on any atom is -0.383 e. The first-order valence-electron chi connectivity index (χ1n) is 7.31. The minimum absolute atomic E-state index is 0.458. The summed E-state index contributed by atoms with van der Waals surface area (Å²) in [6, 6.07) is 8.43. The summed E-state index contributed by atoms with van der Waals surface area (Å²) in [6.45, 7) is 6.37. The number of hydrogen-bond donors (Lipinski definition) is 1. The van der Waals surface area contributed by atoms with Crippen molar-refractivity contribution < 1.29 is 9.47 Å². The summed E-state index contributed by atoms with van der Waals surface area (Å²) in [5, 5.41) is 3.45. The fraction of sp³-hybridized carbons (Fsp3) is 0.625. The number of nitrogens with one attached hydrogen (secondary N) is 1. The zero-order valence-electron chi connectivity index (χ0n) is 12.5. The van der Waals surface area contributed by atoms with Gasteiger partial charge in [-0.15, -0.1) is 0 Å². The third-order valence-corrected chi connectivity index (χ3v) is 3.90. The lowest BCUT2D eigenvalue weighted by molar-refractivity contribution is 0.126. The molecule has 1 N–H and O–H groups in total. The van der Waals surface area contributed by atoms with Crippen molar-refractivity contribution in [1.82, 2.24) is 5.32 Å². The Morgan fingerprint density at radius 3 is 2.70 bits per heavy atom. The summed E-state index contributed by atoms with van der Waals surface area (Å²) in [4.78, 5) is 0. The minimum atomic E-state index is 0.458. The third-order valence-electron chi connectivity index (χ3n) is 3.18. The van der Waals surface area contributed by atoms with Crippen LogP contribution in [-0.2, 0) is 9.47 Å². The molecule has 0 saturated heterocycles. The van der Waals surface area contributed by atoms with E-state index in [9.17, 15) is 0 Å². The van der Waals surface area contributed by atoms with Gasteiger partial charge in [-0.05, 0) is 30.4 Å². The van der Waals surface area contributed by atoms with Crippen molar-refractivity contribution in [3.05, 3.63) is 34.3 Å². The molecule has 0 spiro atoms. The predicted octanol–water partition coefficient (Wildman–Crippen LogP) is 3.59. The average Bonchev–Trinajstić information content (AvgIpc) is 2.46. The molecule has 0 aromatic heterocycles. The second kappa shape index (κ2) is 11.3. The molecular formula is C16H26BrNO2. The van der Waals surface area contributed by atoms with E-state index in [0.717, 1.165) is 45.8 Å². The van der Waals surface area contributed by atoms with E-state index in [0.29, 0.717) is 5.92 Å². The molecule has 0 aliphatic heterocycles. The van der Waals surface area contributed by atoms with Crippen molar-refractivity contribution in [3.8, 4) is 0 Å². The van der Waals surface area contributed by atoms with Crippen LogP contribution in [0.3, 0.4) is 0 Å². The van der Waals surface area contributed by atoms with Crippen LogP contribution in [0.2, 0.25) is 0 Å². The highest BCUT2D eigenvalue weighted by molar-refractivity contribution is 9.10. The Balaban J connectivity index is 2.52. The summed E-state index contributed by atoms with van der Waals surface area (Å²) in [7, 11) is 1.73. The monoisotopic (exact) mass is 343 g/mol. The number of ether oxygens (including phenoxy) is 2. The van der Waals surface area contributed by atoms with Gasteiger partial charge in [-0.25, -0.2) is 0 Å². The topological polar surface area (TPSA) is 30.5 Å². The van der Waals surface area contributed by atoms with Gasteiger partial charge in [-0.1, -0.05) is 41.1 Å². The first-order valence-corrected chi connectivity index (χ1v) is 8.10. The third kappa shape index (κ3) is 6.84. The molecular weight excluding hydrogens is 318 g/mol. The maximum Gasteiger partial charge on any atom is 0.0587 e.